The molecule has 0 bridgehead atoms. The Labute approximate surface area is 163 Å². The summed E-state index contributed by atoms with van der Waals surface area (Å²) in [7, 11) is 0. The van der Waals surface area contributed by atoms with Crippen molar-refractivity contribution in [3.8, 4) is 5.75 Å². The second-order valence-corrected chi connectivity index (χ2v) is 7.80. The molecule has 1 aliphatic rings. The molecule has 0 spiro atoms. The maximum absolute atomic E-state index is 12.1. The van der Waals surface area contributed by atoms with E-state index in [1.807, 2.05) is 18.2 Å². The Bertz CT molecular complexity index is 776. The van der Waals surface area contributed by atoms with E-state index in [1.165, 1.54) is 24.1 Å². The van der Waals surface area contributed by atoms with Crippen LogP contribution in [0.25, 0.3) is 0 Å². The molecule has 1 heterocycles. The predicted molar refractivity (Wildman–Crippen MR) is 106 cm³/mol. The first-order valence-electron chi connectivity index (χ1n) is 9.37. The molecule has 0 saturated carbocycles. The van der Waals surface area contributed by atoms with Crippen LogP contribution in [0.4, 0.5) is 5.13 Å². The average molecular weight is 388 g/mol. The number of thiazole rings is 1. The smallest absolute Gasteiger partial charge is 0.258 e. The summed E-state index contributed by atoms with van der Waals surface area (Å²) in [5.41, 5.74) is 1.11. The van der Waals surface area contributed by atoms with Crippen LogP contribution in [0.15, 0.2) is 30.3 Å². The number of aryl methyl sites for hydroxylation is 1. The maximum Gasteiger partial charge on any atom is 0.258 e. The third-order valence-corrected chi connectivity index (χ3v) is 5.58. The van der Waals surface area contributed by atoms with E-state index in [0.717, 1.165) is 24.5 Å². The van der Waals surface area contributed by atoms with Gasteiger partial charge in [0.1, 0.15) is 5.75 Å². The standard InChI is InChI=1S/C20H25N3O3S/c1-2-6-14-9-10-16-17(11-14)27-20(22-16)23-18(24)12-21-19(25)13-26-15-7-4-3-5-8-15/h3-5,7-8,14H,2,6,9-13H2,1H3,(H,21,25)(H,22,23,24). The van der Waals surface area contributed by atoms with Crippen molar-refractivity contribution in [2.24, 2.45) is 5.92 Å². The molecule has 27 heavy (non-hydrogen) atoms. The average Bonchev–Trinajstić information content (AvgIpc) is 3.07. The van der Waals surface area contributed by atoms with Gasteiger partial charge in [-0.05, 0) is 37.3 Å². The fourth-order valence-corrected chi connectivity index (χ4v) is 4.35. The second kappa shape index (κ2) is 9.50. The number of hydrogen-bond donors (Lipinski definition) is 2. The molecule has 1 aliphatic carbocycles. The lowest BCUT2D eigenvalue weighted by molar-refractivity contribution is -0.125. The van der Waals surface area contributed by atoms with E-state index in [1.54, 1.807) is 23.5 Å². The van der Waals surface area contributed by atoms with Crippen LogP contribution >= 0.6 is 11.3 Å². The van der Waals surface area contributed by atoms with E-state index < -0.39 is 0 Å². The lowest BCUT2D eigenvalue weighted by Crippen LogP contribution is -2.35. The summed E-state index contributed by atoms with van der Waals surface area (Å²) in [4.78, 5) is 29.7. The monoisotopic (exact) mass is 387 g/mol. The number of nitrogens with zero attached hydrogens (tertiary/aromatic N) is 1. The van der Waals surface area contributed by atoms with Crippen molar-refractivity contribution >= 4 is 28.3 Å². The van der Waals surface area contributed by atoms with Crippen molar-refractivity contribution in [3.05, 3.63) is 40.9 Å². The molecule has 0 fully saturated rings. The third-order valence-electron chi connectivity index (χ3n) is 4.54. The van der Waals surface area contributed by atoms with Crippen LogP contribution in [0.1, 0.15) is 36.8 Å². The molecule has 0 saturated heterocycles. The molecule has 144 valence electrons. The van der Waals surface area contributed by atoms with Crippen molar-refractivity contribution in [1.82, 2.24) is 10.3 Å². The van der Waals surface area contributed by atoms with Crippen molar-refractivity contribution in [2.75, 3.05) is 18.5 Å². The predicted octanol–water partition coefficient (Wildman–Crippen LogP) is 3.18. The van der Waals surface area contributed by atoms with Gasteiger partial charge in [-0.25, -0.2) is 4.98 Å². The van der Waals surface area contributed by atoms with Gasteiger partial charge in [-0.1, -0.05) is 38.0 Å². The van der Waals surface area contributed by atoms with Crippen LogP contribution in [0.5, 0.6) is 5.75 Å². The minimum atomic E-state index is -0.338. The van der Waals surface area contributed by atoms with E-state index in [2.05, 4.69) is 22.5 Å². The number of carbonyl (C=O) groups excluding carboxylic acids is 2. The van der Waals surface area contributed by atoms with Crippen LogP contribution in [0, 0.1) is 5.92 Å². The van der Waals surface area contributed by atoms with Crippen molar-refractivity contribution in [3.63, 3.8) is 0 Å². The highest BCUT2D eigenvalue weighted by molar-refractivity contribution is 7.15. The van der Waals surface area contributed by atoms with E-state index in [-0.39, 0.29) is 25.0 Å². The van der Waals surface area contributed by atoms with E-state index in [4.69, 9.17) is 4.74 Å². The number of nitrogens with one attached hydrogen (secondary N) is 2. The summed E-state index contributed by atoms with van der Waals surface area (Å²) in [6.07, 6.45) is 5.67. The number of fused-ring (bicyclic) bond motifs is 1. The number of hydrogen-bond acceptors (Lipinski definition) is 5. The molecule has 6 nitrogen and oxygen atoms in total. The van der Waals surface area contributed by atoms with Crippen LogP contribution in [-0.2, 0) is 22.4 Å². The number of para-hydroxylation sites is 1. The van der Waals surface area contributed by atoms with E-state index >= 15 is 0 Å². The highest BCUT2D eigenvalue weighted by atomic mass is 32.1. The molecule has 3 rings (SSSR count). The number of ether oxygens (including phenoxy) is 1. The van der Waals surface area contributed by atoms with Gasteiger partial charge in [-0.3, -0.25) is 9.59 Å². The Hall–Kier alpha value is -2.41. The zero-order chi connectivity index (χ0) is 19.1. The summed E-state index contributed by atoms with van der Waals surface area (Å²) < 4.78 is 5.35. The molecular weight excluding hydrogens is 362 g/mol. The molecule has 2 aromatic rings. The molecular formula is C20H25N3O3S. The van der Waals surface area contributed by atoms with E-state index in [0.29, 0.717) is 10.9 Å². The highest BCUT2D eigenvalue weighted by Crippen LogP contribution is 2.33. The summed E-state index contributed by atoms with van der Waals surface area (Å²) in [5.74, 6) is 0.733. The van der Waals surface area contributed by atoms with Gasteiger partial charge in [0.05, 0.1) is 12.2 Å². The zero-order valence-electron chi connectivity index (χ0n) is 15.5. The van der Waals surface area contributed by atoms with Crippen LogP contribution < -0.4 is 15.4 Å². The first-order valence-corrected chi connectivity index (χ1v) is 10.2. The van der Waals surface area contributed by atoms with Crippen molar-refractivity contribution in [2.45, 2.75) is 39.0 Å². The SMILES string of the molecule is CCCC1CCc2nc(NC(=O)CNC(=O)COc3ccccc3)sc2C1. The van der Waals surface area contributed by atoms with Crippen LogP contribution in [0.3, 0.4) is 0 Å². The molecule has 0 aliphatic heterocycles. The number of anilines is 1. The second-order valence-electron chi connectivity index (χ2n) is 6.71. The molecule has 0 radical (unpaired) electrons. The van der Waals surface area contributed by atoms with Gasteiger partial charge in [0.15, 0.2) is 11.7 Å². The van der Waals surface area contributed by atoms with Gasteiger partial charge in [-0.2, -0.15) is 0 Å². The van der Waals surface area contributed by atoms with E-state index in [9.17, 15) is 9.59 Å². The maximum atomic E-state index is 12.1. The first kappa shape index (κ1) is 19.4. The molecule has 1 aromatic carbocycles. The van der Waals surface area contributed by atoms with Crippen LogP contribution in [0.2, 0.25) is 0 Å². The molecule has 7 heteroatoms. The van der Waals surface area contributed by atoms with Gasteiger partial charge in [0.25, 0.3) is 5.91 Å². The van der Waals surface area contributed by atoms with Gasteiger partial charge in [0.2, 0.25) is 5.91 Å². The van der Waals surface area contributed by atoms with Crippen molar-refractivity contribution < 1.29 is 14.3 Å². The Balaban J connectivity index is 1.41. The topological polar surface area (TPSA) is 80.3 Å². The number of rotatable bonds is 8. The third kappa shape index (κ3) is 5.79. The Morgan fingerprint density at radius 2 is 2.07 bits per heavy atom. The molecule has 2 amide bonds. The summed E-state index contributed by atoms with van der Waals surface area (Å²) in [5, 5.41) is 5.97. The van der Waals surface area contributed by atoms with Crippen molar-refractivity contribution in [1.29, 1.82) is 0 Å². The Morgan fingerprint density at radius 1 is 1.26 bits per heavy atom. The van der Waals surface area contributed by atoms with Gasteiger partial charge in [-0.15, -0.1) is 11.3 Å². The van der Waals surface area contributed by atoms with Gasteiger partial charge in [0, 0.05) is 4.88 Å². The molecule has 1 atom stereocenters. The Kier molecular flexibility index (Phi) is 6.81. The quantitative estimate of drug-likeness (QED) is 0.729. The lowest BCUT2D eigenvalue weighted by Gasteiger charge is -2.19. The number of carbonyl (C=O) groups is 2. The first-order chi connectivity index (χ1) is 13.1. The largest absolute Gasteiger partial charge is 0.484 e. The minimum Gasteiger partial charge on any atom is -0.484 e. The lowest BCUT2D eigenvalue weighted by atomic mass is 9.88. The molecule has 1 aromatic heterocycles. The fourth-order valence-electron chi connectivity index (χ4n) is 3.21. The zero-order valence-corrected chi connectivity index (χ0v) is 16.3. The fraction of sp³-hybridized carbons (Fsp3) is 0.450. The minimum absolute atomic E-state index is 0.0975. The summed E-state index contributed by atoms with van der Waals surface area (Å²) in [6.45, 7) is 1.99. The number of aromatic nitrogens is 1. The van der Waals surface area contributed by atoms with Gasteiger partial charge >= 0.3 is 0 Å². The number of benzene rings is 1. The summed E-state index contributed by atoms with van der Waals surface area (Å²) >= 11 is 1.55. The normalized spacial score (nSPS) is 15.7. The number of amides is 2. The van der Waals surface area contributed by atoms with Crippen LogP contribution in [-0.4, -0.2) is 29.9 Å². The Morgan fingerprint density at radius 3 is 2.85 bits per heavy atom. The molecule has 2 N–H and O–H groups in total. The highest BCUT2D eigenvalue weighted by Gasteiger charge is 2.22. The summed E-state index contributed by atoms with van der Waals surface area (Å²) in [6, 6.07) is 9.08. The molecule has 1 unspecified atom stereocenters. The van der Waals surface area contributed by atoms with Gasteiger partial charge < -0.3 is 15.4 Å².